The number of amides is 1. The van der Waals surface area contributed by atoms with E-state index in [1.54, 1.807) is 22.1 Å². The molecule has 0 bridgehead atoms. The Morgan fingerprint density at radius 3 is 2.77 bits per heavy atom. The van der Waals surface area contributed by atoms with E-state index >= 15 is 0 Å². The zero-order valence-corrected chi connectivity index (χ0v) is 20.3. The van der Waals surface area contributed by atoms with Crippen molar-refractivity contribution in [1.29, 1.82) is 0 Å². The van der Waals surface area contributed by atoms with Gasteiger partial charge in [-0.05, 0) is 60.0 Å². The number of hydrogen-bond donors (Lipinski definition) is 1. The number of nitrogens with zero attached hydrogens (tertiary/aromatic N) is 7. The molecular weight excluding hydrogens is 460 g/mol. The van der Waals surface area contributed by atoms with E-state index in [2.05, 4.69) is 55.9 Å². The molecule has 6 rings (SSSR count). The molecule has 0 aromatic carbocycles. The number of aromatic nitrogens is 7. The first-order chi connectivity index (χ1) is 17.1. The Balaban J connectivity index is 1.37. The molecule has 0 saturated heterocycles. The largest absolute Gasteiger partial charge is 0.348 e. The highest BCUT2D eigenvalue weighted by molar-refractivity contribution is 7.15. The summed E-state index contributed by atoms with van der Waals surface area (Å²) in [6, 6.07) is 10.1. The average molecular weight is 485 g/mol. The summed E-state index contributed by atoms with van der Waals surface area (Å²) in [5.41, 5.74) is 4.87. The Bertz CT molecular complexity index is 1530. The molecular formula is C25H24N8OS. The summed E-state index contributed by atoms with van der Waals surface area (Å²) >= 11 is 1.69. The Labute approximate surface area is 205 Å². The van der Waals surface area contributed by atoms with Crippen LogP contribution in [0.15, 0.2) is 48.9 Å². The average Bonchev–Trinajstić information content (AvgIpc) is 3.25. The number of carbonyl (C=O) groups excluding carboxylic acids is 1. The number of fused-ring (bicyclic) bond motifs is 1. The van der Waals surface area contributed by atoms with Crippen LogP contribution in [0.2, 0.25) is 0 Å². The third-order valence-electron chi connectivity index (χ3n) is 6.22. The summed E-state index contributed by atoms with van der Waals surface area (Å²) in [6.07, 6.45) is 8.60. The van der Waals surface area contributed by atoms with Crippen LogP contribution in [0.5, 0.6) is 0 Å². The summed E-state index contributed by atoms with van der Waals surface area (Å²) in [5.74, 6) is 1.12. The fraction of sp³-hybridized carbons (Fsp3) is 0.280. The van der Waals surface area contributed by atoms with Gasteiger partial charge >= 0.3 is 0 Å². The van der Waals surface area contributed by atoms with Gasteiger partial charge in [0.25, 0.3) is 5.91 Å². The number of imidazole rings is 1. The van der Waals surface area contributed by atoms with Crippen LogP contribution in [0, 0.1) is 6.92 Å². The number of pyridine rings is 2. The highest BCUT2D eigenvalue weighted by atomic mass is 32.1. The molecule has 5 aromatic rings. The Hall–Kier alpha value is -3.92. The second-order valence-corrected chi connectivity index (χ2v) is 10.1. The van der Waals surface area contributed by atoms with Gasteiger partial charge in [-0.3, -0.25) is 14.2 Å². The lowest BCUT2D eigenvalue weighted by Gasteiger charge is -2.11. The minimum Gasteiger partial charge on any atom is -0.348 e. The van der Waals surface area contributed by atoms with Gasteiger partial charge < -0.3 is 5.32 Å². The van der Waals surface area contributed by atoms with Crippen molar-refractivity contribution in [1.82, 2.24) is 39.9 Å². The van der Waals surface area contributed by atoms with Crippen molar-refractivity contribution >= 4 is 22.9 Å². The highest BCUT2D eigenvalue weighted by Gasteiger charge is 2.24. The molecule has 1 amide bonds. The van der Waals surface area contributed by atoms with E-state index in [0.29, 0.717) is 41.6 Å². The van der Waals surface area contributed by atoms with Crippen LogP contribution in [0.4, 0.5) is 0 Å². The molecule has 1 N–H and O–H groups in total. The van der Waals surface area contributed by atoms with Gasteiger partial charge in [0.1, 0.15) is 5.69 Å². The van der Waals surface area contributed by atoms with E-state index in [1.807, 2.05) is 36.0 Å². The fourth-order valence-corrected chi connectivity index (χ4v) is 5.04. The highest BCUT2D eigenvalue weighted by Crippen LogP contribution is 2.38. The first kappa shape index (κ1) is 21.6. The second-order valence-electron chi connectivity index (χ2n) is 8.77. The number of nitrogens with one attached hydrogen (secondary N) is 1. The van der Waals surface area contributed by atoms with Crippen LogP contribution in [0.1, 0.15) is 58.0 Å². The van der Waals surface area contributed by atoms with E-state index in [1.165, 1.54) is 17.7 Å². The Morgan fingerprint density at radius 2 is 2.06 bits per heavy atom. The van der Waals surface area contributed by atoms with Gasteiger partial charge in [0.15, 0.2) is 11.5 Å². The summed E-state index contributed by atoms with van der Waals surface area (Å²) in [4.78, 5) is 24.8. The van der Waals surface area contributed by atoms with Crippen LogP contribution in [-0.4, -0.2) is 40.5 Å². The second kappa shape index (κ2) is 8.70. The molecule has 5 heterocycles. The van der Waals surface area contributed by atoms with Crippen molar-refractivity contribution in [3.05, 3.63) is 76.4 Å². The van der Waals surface area contributed by atoms with Crippen LogP contribution in [0.25, 0.3) is 21.9 Å². The number of rotatable bonds is 7. The van der Waals surface area contributed by atoms with Gasteiger partial charge in [-0.15, -0.1) is 16.4 Å². The molecule has 1 fully saturated rings. The molecule has 1 saturated carbocycles. The number of aryl methyl sites for hydroxylation is 2. The van der Waals surface area contributed by atoms with Gasteiger partial charge in [-0.1, -0.05) is 13.0 Å². The van der Waals surface area contributed by atoms with E-state index in [9.17, 15) is 4.79 Å². The molecule has 0 radical (unpaired) electrons. The molecule has 1 aliphatic carbocycles. The van der Waals surface area contributed by atoms with Gasteiger partial charge in [0.05, 0.1) is 22.3 Å². The summed E-state index contributed by atoms with van der Waals surface area (Å²) in [6.45, 7) is 4.46. The van der Waals surface area contributed by atoms with Gasteiger partial charge in [0.2, 0.25) is 0 Å². The van der Waals surface area contributed by atoms with Crippen molar-refractivity contribution < 1.29 is 4.79 Å². The number of tetrazole rings is 1. The molecule has 10 heteroatoms. The molecule has 0 spiro atoms. The number of hydrogen-bond acceptors (Lipinski definition) is 7. The molecule has 0 aliphatic heterocycles. The van der Waals surface area contributed by atoms with Crippen molar-refractivity contribution in [3.63, 3.8) is 0 Å². The molecule has 1 aliphatic rings. The molecule has 5 aromatic heterocycles. The number of carbonyl (C=O) groups is 1. The summed E-state index contributed by atoms with van der Waals surface area (Å²) in [5, 5.41) is 15.2. The molecule has 9 nitrogen and oxygen atoms in total. The minimum absolute atomic E-state index is 0.187. The van der Waals surface area contributed by atoms with Crippen LogP contribution < -0.4 is 5.32 Å². The maximum atomic E-state index is 13.3. The number of thiophene rings is 1. The zero-order chi connectivity index (χ0) is 23.9. The van der Waals surface area contributed by atoms with Crippen LogP contribution in [0.3, 0.4) is 0 Å². The maximum Gasteiger partial charge on any atom is 0.253 e. The molecule has 35 heavy (non-hydrogen) atoms. The standard InChI is InChI=1S/C25H24N8OS/c1-3-23-29-30-31-33(23)20-10-18(14-32-21(13-27-24(20)32)22-9-4-15(2)35-22)25(34)28-12-16-5-8-19(26-11-16)17-6-7-17/h4-5,8-11,13-14,17H,3,6-7,12H2,1-2H3,(H,28,34). The van der Waals surface area contributed by atoms with Gasteiger partial charge in [-0.2, -0.15) is 4.68 Å². The SMILES string of the molecule is CCc1nnnn1-c1cc(C(=O)NCc2ccc(C3CC3)nc2)cn2c(-c3ccc(C)s3)cnc12. The minimum atomic E-state index is -0.187. The smallest absolute Gasteiger partial charge is 0.253 e. The third kappa shape index (κ3) is 4.10. The lowest BCUT2D eigenvalue weighted by Crippen LogP contribution is -2.23. The van der Waals surface area contributed by atoms with Crippen molar-refractivity contribution in [3.8, 4) is 16.3 Å². The van der Waals surface area contributed by atoms with Crippen LogP contribution in [-0.2, 0) is 13.0 Å². The van der Waals surface area contributed by atoms with Gasteiger partial charge in [0, 0.05) is 41.8 Å². The maximum absolute atomic E-state index is 13.3. The van der Waals surface area contributed by atoms with E-state index in [4.69, 9.17) is 0 Å². The normalized spacial score (nSPS) is 13.4. The Morgan fingerprint density at radius 1 is 1.17 bits per heavy atom. The quantitative estimate of drug-likeness (QED) is 0.373. The van der Waals surface area contributed by atoms with Crippen LogP contribution >= 0.6 is 11.3 Å². The van der Waals surface area contributed by atoms with E-state index in [0.717, 1.165) is 21.8 Å². The Kier molecular flexibility index (Phi) is 5.37. The first-order valence-electron chi connectivity index (χ1n) is 11.7. The molecule has 176 valence electrons. The third-order valence-corrected chi connectivity index (χ3v) is 7.24. The predicted octanol–water partition coefficient (Wildman–Crippen LogP) is 4.11. The fourth-order valence-electron chi connectivity index (χ4n) is 4.16. The van der Waals surface area contributed by atoms with Crippen molar-refractivity contribution in [2.45, 2.75) is 45.6 Å². The summed E-state index contributed by atoms with van der Waals surface area (Å²) in [7, 11) is 0. The lowest BCUT2D eigenvalue weighted by molar-refractivity contribution is 0.0950. The monoisotopic (exact) mass is 484 g/mol. The topological polar surface area (TPSA) is 103 Å². The summed E-state index contributed by atoms with van der Waals surface area (Å²) < 4.78 is 3.60. The van der Waals surface area contributed by atoms with E-state index < -0.39 is 0 Å². The van der Waals surface area contributed by atoms with Gasteiger partial charge in [-0.25, -0.2) is 4.98 Å². The first-order valence-corrected chi connectivity index (χ1v) is 12.5. The predicted molar refractivity (Wildman–Crippen MR) is 133 cm³/mol. The van der Waals surface area contributed by atoms with Crippen molar-refractivity contribution in [2.24, 2.45) is 0 Å². The van der Waals surface area contributed by atoms with E-state index in [-0.39, 0.29) is 5.91 Å². The lowest BCUT2D eigenvalue weighted by atomic mass is 10.2. The molecule has 0 atom stereocenters. The molecule has 0 unspecified atom stereocenters. The van der Waals surface area contributed by atoms with Crippen molar-refractivity contribution in [2.75, 3.05) is 0 Å². The zero-order valence-electron chi connectivity index (χ0n) is 19.5.